The fraction of sp³-hybridized carbons (Fsp3) is 0.263. The molecule has 2 rings (SSSR count). The van der Waals surface area contributed by atoms with E-state index in [0.717, 1.165) is 0 Å². The van der Waals surface area contributed by atoms with Crippen LogP contribution in [0.3, 0.4) is 0 Å². The van der Waals surface area contributed by atoms with E-state index in [2.05, 4.69) is 61.5 Å². The van der Waals surface area contributed by atoms with Gasteiger partial charge < -0.3 is 0 Å². The number of benzene rings is 2. The second-order valence-corrected chi connectivity index (χ2v) is 4.70. The molecule has 0 aliphatic rings. The van der Waals surface area contributed by atoms with Gasteiger partial charge in [0.2, 0.25) is 0 Å². The van der Waals surface area contributed by atoms with Gasteiger partial charge in [-0.15, -0.1) is 0 Å². The maximum absolute atomic E-state index is 7.26. The quantitative estimate of drug-likeness (QED) is 0.711. The highest BCUT2D eigenvalue weighted by Crippen LogP contribution is 2.24. The molecule has 106 valence electrons. The van der Waals surface area contributed by atoms with Crippen LogP contribution in [0.15, 0.2) is 54.6 Å². The van der Waals surface area contributed by atoms with Gasteiger partial charge in [-0.1, -0.05) is 74.4 Å². The van der Waals surface area contributed by atoms with E-state index in [4.69, 9.17) is 10.5 Å². The highest BCUT2D eigenvalue weighted by atomic mass is 14.3. The third kappa shape index (κ3) is 5.93. The molecule has 0 heterocycles. The third-order valence-electron chi connectivity index (χ3n) is 3.20. The Morgan fingerprint density at radius 3 is 2.05 bits per heavy atom. The number of hydrogen-bond acceptors (Lipinski definition) is 2. The highest BCUT2D eigenvalue weighted by molar-refractivity contribution is 5.67. The molecule has 0 aliphatic heterocycles. The summed E-state index contributed by atoms with van der Waals surface area (Å²) in [6, 6.07) is 21.9. The minimum absolute atomic E-state index is 1.19. The molecule has 0 N–H and O–H groups in total. The van der Waals surface area contributed by atoms with Crippen LogP contribution in [0, 0.1) is 22.7 Å². The summed E-state index contributed by atoms with van der Waals surface area (Å²) in [5.41, 5.74) is 4.20. The molecule has 2 aromatic carbocycles. The van der Waals surface area contributed by atoms with Gasteiger partial charge in [-0.25, -0.2) is 0 Å². The lowest BCUT2D eigenvalue weighted by Gasteiger charge is -2.09. The lowest BCUT2D eigenvalue weighted by molar-refractivity contribution is 0.718. The normalized spacial score (nSPS) is 8.90. The maximum atomic E-state index is 7.26. The van der Waals surface area contributed by atoms with Crippen molar-refractivity contribution in [1.29, 1.82) is 10.5 Å². The smallest absolute Gasteiger partial charge is 0.181 e. The van der Waals surface area contributed by atoms with Crippen LogP contribution in [0.2, 0.25) is 0 Å². The molecule has 0 atom stereocenters. The van der Waals surface area contributed by atoms with E-state index >= 15 is 0 Å². The summed E-state index contributed by atoms with van der Waals surface area (Å²) in [5, 5.41) is 14.5. The van der Waals surface area contributed by atoms with Crippen molar-refractivity contribution in [2.75, 3.05) is 0 Å². The van der Waals surface area contributed by atoms with E-state index < -0.39 is 0 Å². The summed E-state index contributed by atoms with van der Waals surface area (Å²) in [7, 11) is 0. The summed E-state index contributed by atoms with van der Waals surface area (Å²) in [4.78, 5) is 0. The van der Waals surface area contributed by atoms with Crippen LogP contribution in [0.4, 0.5) is 0 Å². The van der Waals surface area contributed by atoms with Crippen LogP contribution in [0.25, 0.3) is 11.1 Å². The second-order valence-electron chi connectivity index (χ2n) is 4.70. The molecule has 2 aromatic rings. The zero-order chi connectivity index (χ0) is 15.3. The van der Waals surface area contributed by atoms with E-state index in [1.807, 2.05) is 0 Å². The van der Waals surface area contributed by atoms with Gasteiger partial charge in [0.15, 0.2) is 12.1 Å². The first kappa shape index (κ1) is 16.5. The Labute approximate surface area is 127 Å². The zero-order valence-corrected chi connectivity index (χ0v) is 12.4. The summed E-state index contributed by atoms with van der Waals surface area (Å²) < 4.78 is 0. The molecule has 21 heavy (non-hydrogen) atoms. The molecular formula is C19H20N2. The minimum Gasteiger partial charge on any atom is -0.181 e. The average Bonchev–Trinajstić information content (AvgIpc) is 2.56. The van der Waals surface area contributed by atoms with Gasteiger partial charge in [0.05, 0.1) is 0 Å². The number of nitrogens with zero attached hydrogens (tertiary/aromatic N) is 2. The Morgan fingerprint density at radius 1 is 0.810 bits per heavy atom. The van der Waals surface area contributed by atoms with E-state index in [-0.39, 0.29) is 0 Å². The molecule has 0 radical (unpaired) electrons. The molecule has 0 aliphatic carbocycles. The highest BCUT2D eigenvalue weighted by Gasteiger charge is 2.03. The minimum atomic E-state index is 1.19. The van der Waals surface area contributed by atoms with Crippen molar-refractivity contribution >= 4 is 0 Å². The SMILES string of the molecule is CCCCCc1ccccc1-c1ccccc1.N#CC#N. The molecule has 0 amide bonds. The van der Waals surface area contributed by atoms with Gasteiger partial charge in [-0.3, -0.25) is 0 Å². The molecule has 2 heteroatoms. The Morgan fingerprint density at radius 2 is 1.43 bits per heavy atom. The van der Waals surface area contributed by atoms with Crippen LogP contribution in [-0.4, -0.2) is 0 Å². The van der Waals surface area contributed by atoms with Crippen LogP contribution in [0.1, 0.15) is 31.7 Å². The molecular weight excluding hydrogens is 256 g/mol. The molecule has 0 unspecified atom stereocenters. The average molecular weight is 276 g/mol. The van der Waals surface area contributed by atoms with Crippen molar-refractivity contribution in [1.82, 2.24) is 0 Å². The summed E-state index contributed by atoms with van der Waals surface area (Å²) >= 11 is 0. The fourth-order valence-electron chi connectivity index (χ4n) is 2.20. The number of nitriles is 2. The second kappa shape index (κ2) is 10.2. The first-order valence-electron chi connectivity index (χ1n) is 7.25. The van der Waals surface area contributed by atoms with Crippen LogP contribution in [0.5, 0.6) is 0 Å². The number of aryl methyl sites for hydroxylation is 1. The van der Waals surface area contributed by atoms with Crippen molar-refractivity contribution in [3.05, 3.63) is 60.2 Å². The number of rotatable bonds is 5. The molecule has 0 fully saturated rings. The molecule has 0 bridgehead atoms. The summed E-state index contributed by atoms with van der Waals surface area (Å²) in [5.74, 6) is 0. The molecule has 0 saturated carbocycles. The van der Waals surface area contributed by atoms with Crippen molar-refractivity contribution in [2.24, 2.45) is 0 Å². The van der Waals surface area contributed by atoms with Crippen LogP contribution >= 0.6 is 0 Å². The predicted molar refractivity (Wildman–Crippen MR) is 86.3 cm³/mol. The maximum Gasteiger partial charge on any atom is 0.181 e. The largest absolute Gasteiger partial charge is 0.181 e. The van der Waals surface area contributed by atoms with E-state index in [1.54, 1.807) is 0 Å². The van der Waals surface area contributed by atoms with Gasteiger partial charge >= 0.3 is 0 Å². The van der Waals surface area contributed by atoms with E-state index in [1.165, 1.54) is 54.5 Å². The standard InChI is InChI=1S/C17H20.C2N2/c1-2-3-5-10-15-13-8-9-14-17(15)16-11-6-4-7-12-16;3-1-2-4/h4,6-9,11-14H,2-3,5,10H2,1H3;. The van der Waals surface area contributed by atoms with Crippen molar-refractivity contribution in [2.45, 2.75) is 32.6 Å². The van der Waals surface area contributed by atoms with E-state index in [0.29, 0.717) is 0 Å². The van der Waals surface area contributed by atoms with Crippen molar-refractivity contribution < 1.29 is 0 Å². The van der Waals surface area contributed by atoms with Gasteiger partial charge in [0, 0.05) is 0 Å². The number of hydrogen-bond donors (Lipinski definition) is 0. The number of unbranched alkanes of at least 4 members (excludes halogenated alkanes) is 2. The van der Waals surface area contributed by atoms with Crippen molar-refractivity contribution in [3.8, 4) is 23.3 Å². The van der Waals surface area contributed by atoms with Crippen LogP contribution in [-0.2, 0) is 6.42 Å². The van der Waals surface area contributed by atoms with E-state index in [9.17, 15) is 0 Å². The molecule has 0 aromatic heterocycles. The fourth-order valence-corrected chi connectivity index (χ4v) is 2.20. The summed E-state index contributed by atoms with van der Waals surface area (Å²) in [6.45, 7) is 2.25. The Hall–Kier alpha value is -2.58. The Kier molecular flexibility index (Phi) is 8.03. The molecule has 0 spiro atoms. The first-order chi connectivity index (χ1) is 10.3. The first-order valence-corrected chi connectivity index (χ1v) is 7.25. The lowest BCUT2D eigenvalue weighted by Crippen LogP contribution is -1.90. The summed E-state index contributed by atoms with van der Waals surface area (Å²) in [6.07, 6.45) is 5.09. The Bertz CT molecular complexity index is 591. The van der Waals surface area contributed by atoms with Crippen LogP contribution < -0.4 is 0 Å². The third-order valence-corrected chi connectivity index (χ3v) is 3.20. The van der Waals surface area contributed by atoms with Gasteiger partial charge in [0.25, 0.3) is 0 Å². The lowest BCUT2D eigenvalue weighted by atomic mass is 9.96. The zero-order valence-electron chi connectivity index (χ0n) is 12.4. The van der Waals surface area contributed by atoms with Gasteiger partial charge in [-0.2, -0.15) is 10.5 Å². The van der Waals surface area contributed by atoms with Gasteiger partial charge in [0.1, 0.15) is 0 Å². The molecule has 2 nitrogen and oxygen atoms in total. The van der Waals surface area contributed by atoms with Gasteiger partial charge in [-0.05, 0) is 29.5 Å². The monoisotopic (exact) mass is 276 g/mol. The van der Waals surface area contributed by atoms with Crippen molar-refractivity contribution in [3.63, 3.8) is 0 Å². The predicted octanol–water partition coefficient (Wildman–Crippen LogP) is 5.12. The molecule has 0 saturated heterocycles. The topological polar surface area (TPSA) is 47.6 Å². The Balaban J connectivity index is 0.000000491.